The number of anilines is 1. The molecule has 0 aliphatic heterocycles. The average Bonchev–Trinajstić information content (AvgIpc) is 2.34. The molecule has 2 rings (SSSR count). The highest BCUT2D eigenvalue weighted by molar-refractivity contribution is 6.29. The van der Waals surface area contributed by atoms with Crippen molar-refractivity contribution in [2.45, 2.75) is 27.3 Å². The lowest BCUT2D eigenvalue weighted by Gasteiger charge is -2.11. The molecular formula is C15H17ClN2. The summed E-state index contributed by atoms with van der Waals surface area (Å²) >= 11 is 5.75. The van der Waals surface area contributed by atoms with E-state index in [-0.39, 0.29) is 0 Å². The summed E-state index contributed by atoms with van der Waals surface area (Å²) in [5, 5.41) is 3.87. The molecule has 3 heteroatoms. The molecule has 18 heavy (non-hydrogen) atoms. The molecule has 0 bridgehead atoms. The zero-order valence-corrected chi connectivity index (χ0v) is 11.7. The lowest BCUT2D eigenvalue weighted by atomic mass is 10.0. The standard InChI is InChI=1S/C15H17ClN2/c1-10-6-12(3)13(7-11(10)2)8-17-14-4-5-15(16)18-9-14/h4-7,9,17H,8H2,1-3H3. The molecule has 0 atom stereocenters. The molecular weight excluding hydrogens is 244 g/mol. The zero-order valence-electron chi connectivity index (χ0n) is 10.9. The fourth-order valence-electron chi connectivity index (χ4n) is 1.89. The van der Waals surface area contributed by atoms with Crippen molar-refractivity contribution in [3.63, 3.8) is 0 Å². The molecule has 0 aliphatic rings. The van der Waals surface area contributed by atoms with Gasteiger partial charge in [-0.3, -0.25) is 0 Å². The molecule has 0 fully saturated rings. The van der Waals surface area contributed by atoms with Crippen LogP contribution >= 0.6 is 11.6 Å². The number of nitrogens with one attached hydrogen (secondary N) is 1. The van der Waals surface area contributed by atoms with Crippen LogP contribution in [-0.2, 0) is 6.54 Å². The van der Waals surface area contributed by atoms with Crippen LogP contribution in [-0.4, -0.2) is 4.98 Å². The van der Waals surface area contributed by atoms with Crippen LogP contribution in [0, 0.1) is 20.8 Å². The summed E-state index contributed by atoms with van der Waals surface area (Å²) in [6.07, 6.45) is 1.75. The van der Waals surface area contributed by atoms with E-state index >= 15 is 0 Å². The van der Waals surface area contributed by atoms with Crippen molar-refractivity contribution in [1.29, 1.82) is 0 Å². The molecule has 0 aliphatic carbocycles. The molecule has 94 valence electrons. The average molecular weight is 261 g/mol. The number of hydrogen-bond acceptors (Lipinski definition) is 2. The van der Waals surface area contributed by atoms with Gasteiger partial charge in [0.2, 0.25) is 0 Å². The first-order valence-electron chi connectivity index (χ1n) is 5.98. The molecule has 1 heterocycles. The Hall–Kier alpha value is -1.54. The van der Waals surface area contributed by atoms with Gasteiger partial charge in [-0.1, -0.05) is 23.7 Å². The van der Waals surface area contributed by atoms with E-state index in [1.165, 1.54) is 22.3 Å². The minimum Gasteiger partial charge on any atom is -0.380 e. The van der Waals surface area contributed by atoms with Crippen LogP contribution in [0.2, 0.25) is 5.15 Å². The van der Waals surface area contributed by atoms with Crippen LogP contribution in [0.1, 0.15) is 22.3 Å². The van der Waals surface area contributed by atoms with Gasteiger partial charge >= 0.3 is 0 Å². The summed E-state index contributed by atoms with van der Waals surface area (Å²) < 4.78 is 0. The van der Waals surface area contributed by atoms with Crippen LogP contribution < -0.4 is 5.32 Å². The Labute approximate surface area is 113 Å². The molecule has 0 saturated heterocycles. The molecule has 0 saturated carbocycles. The van der Waals surface area contributed by atoms with Crippen molar-refractivity contribution in [2.24, 2.45) is 0 Å². The van der Waals surface area contributed by atoms with Gasteiger partial charge in [0.05, 0.1) is 11.9 Å². The predicted molar refractivity (Wildman–Crippen MR) is 77.2 cm³/mol. The van der Waals surface area contributed by atoms with Gasteiger partial charge in [0.1, 0.15) is 5.15 Å². The first-order chi connectivity index (χ1) is 8.56. The van der Waals surface area contributed by atoms with Crippen LogP contribution in [0.15, 0.2) is 30.5 Å². The number of nitrogens with zero attached hydrogens (tertiary/aromatic N) is 1. The number of pyridine rings is 1. The number of aryl methyl sites for hydroxylation is 3. The summed E-state index contributed by atoms with van der Waals surface area (Å²) in [7, 11) is 0. The normalized spacial score (nSPS) is 10.4. The van der Waals surface area contributed by atoms with Gasteiger partial charge in [0.25, 0.3) is 0 Å². The van der Waals surface area contributed by atoms with E-state index in [0.717, 1.165) is 12.2 Å². The third kappa shape index (κ3) is 3.02. The molecule has 1 aromatic heterocycles. The van der Waals surface area contributed by atoms with E-state index in [2.05, 4.69) is 43.2 Å². The number of hydrogen-bond donors (Lipinski definition) is 1. The maximum Gasteiger partial charge on any atom is 0.129 e. The molecule has 0 radical (unpaired) electrons. The summed E-state index contributed by atoms with van der Waals surface area (Å²) in [5.74, 6) is 0. The molecule has 2 nitrogen and oxygen atoms in total. The van der Waals surface area contributed by atoms with Gasteiger partial charge in [-0.2, -0.15) is 0 Å². The maximum absolute atomic E-state index is 5.75. The third-order valence-corrected chi connectivity index (χ3v) is 3.39. The Balaban J connectivity index is 2.10. The van der Waals surface area contributed by atoms with Gasteiger partial charge in [0.15, 0.2) is 0 Å². The number of rotatable bonds is 3. The maximum atomic E-state index is 5.75. The Morgan fingerprint density at radius 1 is 1.06 bits per heavy atom. The lowest BCUT2D eigenvalue weighted by molar-refractivity contribution is 1.09. The highest BCUT2D eigenvalue weighted by atomic mass is 35.5. The molecule has 1 N–H and O–H groups in total. The predicted octanol–water partition coefficient (Wildman–Crippen LogP) is 4.27. The van der Waals surface area contributed by atoms with Gasteiger partial charge in [-0.05, 0) is 55.2 Å². The smallest absolute Gasteiger partial charge is 0.129 e. The van der Waals surface area contributed by atoms with E-state index in [0.29, 0.717) is 5.15 Å². The van der Waals surface area contributed by atoms with Crippen LogP contribution in [0.5, 0.6) is 0 Å². The Bertz CT molecular complexity index is 547. The number of benzene rings is 1. The molecule has 0 spiro atoms. The van der Waals surface area contributed by atoms with Gasteiger partial charge in [-0.15, -0.1) is 0 Å². The highest BCUT2D eigenvalue weighted by Crippen LogP contribution is 2.17. The van der Waals surface area contributed by atoms with Crippen molar-refractivity contribution in [3.8, 4) is 0 Å². The van der Waals surface area contributed by atoms with Crippen molar-refractivity contribution < 1.29 is 0 Å². The minimum absolute atomic E-state index is 0.517. The summed E-state index contributed by atoms with van der Waals surface area (Å²) in [4.78, 5) is 4.05. The lowest BCUT2D eigenvalue weighted by Crippen LogP contribution is -2.02. The fourth-order valence-corrected chi connectivity index (χ4v) is 2.00. The largest absolute Gasteiger partial charge is 0.380 e. The fraction of sp³-hybridized carbons (Fsp3) is 0.267. The minimum atomic E-state index is 0.517. The van der Waals surface area contributed by atoms with Crippen LogP contribution in [0.3, 0.4) is 0 Å². The van der Waals surface area contributed by atoms with Gasteiger partial charge < -0.3 is 5.32 Å². The van der Waals surface area contributed by atoms with Crippen LogP contribution in [0.25, 0.3) is 0 Å². The van der Waals surface area contributed by atoms with E-state index in [1.54, 1.807) is 12.3 Å². The van der Waals surface area contributed by atoms with E-state index in [9.17, 15) is 0 Å². The number of halogens is 1. The van der Waals surface area contributed by atoms with Crippen molar-refractivity contribution >= 4 is 17.3 Å². The van der Waals surface area contributed by atoms with Gasteiger partial charge in [-0.25, -0.2) is 4.98 Å². The Morgan fingerprint density at radius 2 is 1.78 bits per heavy atom. The molecule has 0 amide bonds. The van der Waals surface area contributed by atoms with E-state index in [1.807, 2.05) is 6.07 Å². The second kappa shape index (κ2) is 5.40. The van der Waals surface area contributed by atoms with Crippen molar-refractivity contribution in [2.75, 3.05) is 5.32 Å². The SMILES string of the molecule is Cc1cc(C)c(CNc2ccc(Cl)nc2)cc1C. The second-order valence-electron chi connectivity index (χ2n) is 4.59. The van der Waals surface area contributed by atoms with E-state index < -0.39 is 0 Å². The zero-order chi connectivity index (χ0) is 13.1. The van der Waals surface area contributed by atoms with Crippen molar-refractivity contribution in [3.05, 3.63) is 57.9 Å². The topological polar surface area (TPSA) is 24.9 Å². The van der Waals surface area contributed by atoms with Crippen molar-refractivity contribution in [1.82, 2.24) is 4.98 Å². The monoisotopic (exact) mass is 260 g/mol. The second-order valence-corrected chi connectivity index (χ2v) is 4.97. The number of aromatic nitrogens is 1. The first kappa shape index (κ1) is 12.9. The summed E-state index contributed by atoms with van der Waals surface area (Å²) in [6.45, 7) is 7.23. The quantitative estimate of drug-likeness (QED) is 0.834. The first-order valence-corrected chi connectivity index (χ1v) is 6.36. The molecule has 0 unspecified atom stereocenters. The van der Waals surface area contributed by atoms with E-state index in [4.69, 9.17) is 11.6 Å². The summed E-state index contributed by atoms with van der Waals surface area (Å²) in [5.41, 5.74) is 6.27. The van der Waals surface area contributed by atoms with Gasteiger partial charge in [0, 0.05) is 6.54 Å². The molecule has 1 aromatic carbocycles. The molecule has 2 aromatic rings. The summed E-state index contributed by atoms with van der Waals surface area (Å²) in [6, 6.07) is 8.19. The highest BCUT2D eigenvalue weighted by Gasteiger charge is 2.02. The third-order valence-electron chi connectivity index (χ3n) is 3.16. The Kier molecular flexibility index (Phi) is 3.87. The van der Waals surface area contributed by atoms with Crippen LogP contribution in [0.4, 0.5) is 5.69 Å². The Morgan fingerprint density at radius 3 is 2.44 bits per heavy atom.